The van der Waals surface area contributed by atoms with Crippen molar-refractivity contribution >= 4 is 52.4 Å². The minimum absolute atomic E-state index is 0.308. The average Bonchev–Trinajstić information content (AvgIpc) is 3.35. The number of hydroxylamine groups is 1. The molecule has 0 radical (unpaired) electrons. The number of nitrogens with zero attached hydrogens (tertiary/aromatic N) is 2. The third kappa shape index (κ3) is 3.62. The van der Waals surface area contributed by atoms with Crippen LogP contribution < -0.4 is 9.96 Å². The number of esters is 1. The van der Waals surface area contributed by atoms with Crippen molar-refractivity contribution in [2.24, 2.45) is 5.92 Å². The quantitative estimate of drug-likeness (QED) is 0.380. The highest BCUT2D eigenvalue weighted by atomic mass is 35.5. The summed E-state index contributed by atoms with van der Waals surface area (Å²) in [4.78, 5) is 46.0. The van der Waals surface area contributed by atoms with Gasteiger partial charge in [0.1, 0.15) is 5.92 Å². The summed E-state index contributed by atoms with van der Waals surface area (Å²) >= 11 is 12.6. The van der Waals surface area contributed by atoms with Crippen molar-refractivity contribution in [3.05, 3.63) is 94.0 Å². The molecule has 3 aromatic carbocycles. The van der Waals surface area contributed by atoms with E-state index in [0.29, 0.717) is 32.5 Å². The van der Waals surface area contributed by atoms with E-state index in [1.807, 2.05) is 30.3 Å². The molecular formula is C25H18Cl2N2O5. The normalized spacial score (nSPS) is 21.7. The van der Waals surface area contributed by atoms with Crippen LogP contribution in [-0.2, 0) is 19.2 Å². The van der Waals surface area contributed by atoms with Crippen LogP contribution in [0.3, 0.4) is 0 Å². The first-order valence-electron chi connectivity index (χ1n) is 10.4. The Morgan fingerprint density at radius 3 is 2.26 bits per heavy atom. The molecule has 0 N–H and O–H groups in total. The summed E-state index contributed by atoms with van der Waals surface area (Å²) < 4.78 is 4.71. The van der Waals surface area contributed by atoms with E-state index in [2.05, 4.69) is 0 Å². The Bertz CT molecular complexity index is 1280. The third-order valence-corrected chi connectivity index (χ3v) is 6.52. The lowest BCUT2D eigenvalue weighted by Gasteiger charge is -2.29. The molecule has 0 aliphatic carbocycles. The predicted octanol–water partition coefficient (Wildman–Crippen LogP) is 4.83. The maximum absolute atomic E-state index is 13.6. The summed E-state index contributed by atoms with van der Waals surface area (Å²) in [6, 6.07) is 19.6. The number of rotatable bonds is 4. The van der Waals surface area contributed by atoms with Crippen LogP contribution >= 0.6 is 23.2 Å². The number of carbonyl (C=O) groups excluding carboxylic acids is 3. The predicted molar refractivity (Wildman–Crippen MR) is 127 cm³/mol. The van der Waals surface area contributed by atoms with Crippen LogP contribution in [0.25, 0.3) is 0 Å². The van der Waals surface area contributed by atoms with Crippen LogP contribution in [0, 0.1) is 5.92 Å². The topological polar surface area (TPSA) is 76.2 Å². The van der Waals surface area contributed by atoms with Gasteiger partial charge in [0.05, 0.1) is 30.1 Å². The van der Waals surface area contributed by atoms with E-state index in [-0.39, 0.29) is 0 Å². The molecule has 34 heavy (non-hydrogen) atoms. The van der Waals surface area contributed by atoms with Gasteiger partial charge < -0.3 is 4.74 Å². The standard InChI is InChI=1S/C25H18Cl2N2O5/c1-33-25(32)14-7-10-16(11-8-14)28-23(30)20-21(18-12-9-15(26)13-19(18)27)29(34-22(20)24(28)31)17-5-3-2-4-6-17/h2-13,20-22H,1H3/t20-,21-,22-/m0/s1. The SMILES string of the molecule is COC(=O)c1ccc(N2C(=O)[C@@H]3[C@H](ON(c4ccccc4)[C@H]3c3ccc(Cl)cc3Cl)C2=O)cc1. The van der Waals surface area contributed by atoms with E-state index in [0.717, 1.165) is 4.90 Å². The minimum Gasteiger partial charge on any atom is -0.465 e. The second-order valence-corrected chi connectivity index (χ2v) is 8.72. The highest BCUT2D eigenvalue weighted by molar-refractivity contribution is 6.35. The first-order chi connectivity index (χ1) is 16.4. The molecule has 2 aliphatic heterocycles. The number of methoxy groups -OCH3 is 1. The van der Waals surface area contributed by atoms with Crippen LogP contribution in [0.1, 0.15) is 22.0 Å². The zero-order valence-corrected chi connectivity index (χ0v) is 19.4. The second kappa shape index (κ2) is 8.76. The van der Waals surface area contributed by atoms with Gasteiger partial charge in [0, 0.05) is 10.0 Å². The summed E-state index contributed by atoms with van der Waals surface area (Å²) in [5.74, 6) is -2.27. The molecule has 3 atom stereocenters. The Labute approximate surface area is 205 Å². The highest BCUT2D eigenvalue weighted by Gasteiger charge is 2.60. The Morgan fingerprint density at radius 1 is 0.912 bits per heavy atom. The van der Waals surface area contributed by atoms with Gasteiger partial charge in [-0.25, -0.2) is 14.8 Å². The Hall–Kier alpha value is -3.39. The maximum atomic E-state index is 13.6. The summed E-state index contributed by atoms with van der Waals surface area (Å²) in [5.41, 5.74) is 1.95. The van der Waals surface area contributed by atoms with E-state index in [4.69, 9.17) is 32.8 Å². The summed E-state index contributed by atoms with van der Waals surface area (Å²) in [5, 5.41) is 2.39. The molecule has 0 aromatic heterocycles. The fraction of sp³-hybridized carbons (Fsp3) is 0.160. The molecule has 0 saturated carbocycles. The monoisotopic (exact) mass is 496 g/mol. The van der Waals surface area contributed by atoms with Crippen molar-refractivity contribution in [2.75, 3.05) is 17.1 Å². The largest absolute Gasteiger partial charge is 0.465 e. The van der Waals surface area contributed by atoms with Crippen molar-refractivity contribution in [2.45, 2.75) is 12.1 Å². The molecule has 2 aliphatic rings. The van der Waals surface area contributed by atoms with Crippen molar-refractivity contribution in [3.63, 3.8) is 0 Å². The fourth-order valence-corrected chi connectivity index (χ4v) is 4.91. The number of hydrogen-bond donors (Lipinski definition) is 0. The smallest absolute Gasteiger partial charge is 0.337 e. The van der Waals surface area contributed by atoms with Gasteiger partial charge >= 0.3 is 5.97 Å². The Kier molecular flexibility index (Phi) is 5.77. The lowest BCUT2D eigenvalue weighted by Crippen LogP contribution is -2.37. The number of benzene rings is 3. The highest BCUT2D eigenvalue weighted by Crippen LogP contribution is 2.49. The molecule has 0 unspecified atom stereocenters. The lowest BCUT2D eigenvalue weighted by molar-refractivity contribution is -0.126. The van der Waals surface area contributed by atoms with Gasteiger partial charge in [-0.2, -0.15) is 0 Å². The van der Waals surface area contributed by atoms with Crippen LogP contribution in [-0.4, -0.2) is 31.0 Å². The van der Waals surface area contributed by atoms with E-state index in [1.54, 1.807) is 23.3 Å². The van der Waals surface area contributed by atoms with Gasteiger partial charge in [-0.05, 0) is 54.1 Å². The van der Waals surface area contributed by atoms with E-state index < -0.39 is 35.8 Å². The number of amides is 2. The van der Waals surface area contributed by atoms with Crippen molar-refractivity contribution in [3.8, 4) is 0 Å². The van der Waals surface area contributed by atoms with Crippen molar-refractivity contribution in [1.82, 2.24) is 0 Å². The number of para-hydroxylation sites is 1. The molecule has 2 fully saturated rings. The first kappa shape index (κ1) is 22.4. The lowest BCUT2D eigenvalue weighted by atomic mass is 9.90. The van der Waals surface area contributed by atoms with Gasteiger partial charge in [0.2, 0.25) is 5.91 Å². The van der Waals surface area contributed by atoms with Crippen LogP contribution in [0.4, 0.5) is 11.4 Å². The number of imide groups is 1. The van der Waals surface area contributed by atoms with Crippen molar-refractivity contribution in [1.29, 1.82) is 0 Å². The van der Waals surface area contributed by atoms with Gasteiger partial charge in [-0.3, -0.25) is 14.4 Å². The molecule has 0 spiro atoms. The molecule has 2 saturated heterocycles. The molecule has 172 valence electrons. The van der Waals surface area contributed by atoms with E-state index in [9.17, 15) is 14.4 Å². The Balaban J connectivity index is 1.55. The Morgan fingerprint density at radius 2 is 1.62 bits per heavy atom. The molecule has 2 amide bonds. The fourth-order valence-electron chi connectivity index (χ4n) is 4.39. The number of hydrogen-bond acceptors (Lipinski definition) is 6. The molecule has 7 nitrogen and oxygen atoms in total. The summed E-state index contributed by atoms with van der Waals surface area (Å²) in [6.45, 7) is 0. The number of fused-ring (bicyclic) bond motifs is 1. The molecule has 3 aromatic rings. The molecular weight excluding hydrogens is 479 g/mol. The van der Waals surface area contributed by atoms with Gasteiger partial charge in [-0.15, -0.1) is 0 Å². The van der Waals surface area contributed by atoms with Crippen LogP contribution in [0.5, 0.6) is 0 Å². The number of ether oxygens (including phenoxy) is 1. The molecule has 0 bridgehead atoms. The maximum Gasteiger partial charge on any atom is 0.337 e. The zero-order valence-electron chi connectivity index (χ0n) is 17.9. The van der Waals surface area contributed by atoms with Gasteiger partial charge in [0.15, 0.2) is 6.10 Å². The third-order valence-electron chi connectivity index (χ3n) is 5.95. The number of anilines is 2. The summed E-state index contributed by atoms with van der Waals surface area (Å²) in [6.07, 6.45) is -1.04. The van der Waals surface area contributed by atoms with E-state index >= 15 is 0 Å². The second-order valence-electron chi connectivity index (χ2n) is 7.87. The minimum atomic E-state index is -1.04. The van der Waals surface area contributed by atoms with E-state index in [1.165, 1.54) is 31.4 Å². The van der Waals surface area contributed by atoms with Gasteiger partial charge in [0.25, 0.3) is 5.91 Å². The van der Waals surface area contributed by atoms with Crippen molar-refractivity contribution < 1.29 is 24.0 Å². The molecule has 2 heterocycles. The first-order valence-corrected chi connectivity index (χ1v) is 11.2. The number of halogens is 2. The zero-order chi connectivity index (χ0) is 24.0. The van der Waals surface area contributed by atoms with Crippen LogP contribution in [0.2, 0.25) is 10.0 Å². The molecule has 9 heteroatoms. The number of carbonyl (C=O) groups is 3. The molecule has 5 rings (SSSR count). The van der Waals surface area contributed by atoms with Gasteiger partial charge in [-0.1, -0.05) is 47.5 Å². The average molecular weight is 497 g/mol. The summed E-state index contributed by atoms with van der Waals surface area (Å²) in [7, 11) is 1.28. The van der Waals surface area contributed by atoms with Crippen LogP contribution in [0.15, 0.2) is 72.8 Å².